The minimum atomic E-state index is 0.372. The molecule has 3 nitrogen and oxygen atoms in total. The minimum Gasteiger partial charge on any atom is -0.374 e. The van der Waals surface area contributed by atoms with Gasteiger partial charge in [-0.3, -0.25) is 4.90 Å². The highest BCUT2D eigenvalue weighted by atomic mass is 16.5. The Balaban J connectivity index is 2.26. The Morgan fingerprint density at radius 3 is 2.56 bits per heavy atom. The lowest BCUT2D eigenvalue weighted by Crippen LogP contribution is -2.50. The monoisotopic (exact) mass is 228 g/mol. The van der Waals surface area contributed by atoms with Gasteiger partial charge in [0.1, 0.15) is 0 Å². The molecule has 1 unspecified atom stereocenters. The number of rotatable bonds is 6. The third-order valence-corrected chi connectivity index (χ3v) is 3.52. The Bertz CT molecular complexity index is 181. The van der Waals surface area contributed by atoms with Crippen LogP contribution in [0.25, 0.3) is 0 Å². The molecule has 0 amide bonds. The SMILES string of the molecule is CCC(CC)NCC1CN(C(C)C)CCO1. The maximum Gasteiger partial charge on any atom is 0.0826 e. The van der Waals surface area contributed by atoms with Crippen LogP contribution in [0.1, 0.15) is 40.5 Å². The number of hydrogen-bond donors (Lipinski definition) is 1. The Labute approximate surface area is 101 Å². The van der Waals surface area contributed by atoms with Crippen LogP contribution in [0.4, 0.5) is 0 Å². The van der Waals surface area contributed by atoms with E-state index in [1.165, 1.54) is 12.8 Å². The van der Waals surface area contributed by atoms with E-state index in [1.807, 2.05) is 0 Å². The molecule has 1 atom stereocenters. The summed E-state index contributed by atoms with van der Waals surface area (Å²) in [7, 11) is 0. The van der Waals surface area contributed by atoms with Gasteiger partial charge in [-0.15, -0.1) is 0 Å². The van der Waals surface area contributed by atoms with Gasteiger partial charge < -0.3 is 10.1 Å². The Hall–Kier alpha value is -0.120. The highest BCUT2D eigenvalue weighted by Crippen LogP contribution is 2.08. The summed E-state index contributed by atoms with van der Waals surface area (Å²) in [5.41, 5.74) is 0. The van der Waals surface area contributed by atoms with Crippen molar-refractivity contribution in [3.05, 3.63) is 0 Å². The van der Waals surface area contributed by atoms with Crippen LogP contribution in [0, 0.1) is 0 Å². The van der Waals surface area contributed by atoms with Crippen molar-refractivity contribution in [1.29, 1.82) is 0 Å². The molecular weight excluding hydrogens is 200 g/mol. The summed E-state index contributed by atoms with van der Waals surface area (Å²) in [5, 5.41) is 3.60. The zero-order valence-electron chi connectivity index (χ0n) is 11.3. The molecular formula is C13H28N2O. The van der Waals surface area contributed by atoms with Gasteiger partial charge in [0.15, 0.2) is 0 Å². The van der Waals surface area contributed by atoms with Crippen molar-refractivity contribution in [2.75, 3.05) is 26.2 Å². The van der Waals surface area contributed by atoms with E-state index in [0.29, 0.717) is 18.2 Å². The van der Waals surface area contributed by atoms with Gasteiger partial charge in [0.2, 0.25) is 0 Å². The smallest absolute Gasteiger partial charge is 0.0826 e. The lowest BCUT2D eigenvalue weighted by molar-refractivity contribution is -0.0382. The van der Waals surface area contributed by atoms with Gasteiger partial charge in [-0.25, -0.2) is 0 Å². The third kappa shape index (κ3) is 4.40. The summed E-state index contributed by atoms with van der Waals surface area (Å²) < 4.78 is 5.79. The van der Waals surface area contributed by atoms with Gasteiger partial charge in [-0.1, -0.05) is 13.8 Å². The molecule has 0 saturated carbocycles. The zero-order valence-corrected chi connectivity index (χ0v) is 11.3. The normalized spacial score (nSPS) is 23.2. The number of hydrogen-bond acceptors (Lipinski definition) is 3. The van der Waals surface area contributed by atoms with Gasteiger partial charge in [0.05, 0.1) is 12.7 Å². The first-order valence-electron chi connectivity index (χ1n) is 6.76. The Morgan fingerprint density at radius 2 is 2.00 bits per heavy atom. The molecule has 0 aromatic carbocycles. The van der Waals surface area contributed by atoms with E-state index >= 15 is 0 Å². The molecule has 3 heteroatoms. The van der Waals surface area contributed by atoms with Crippen LogP contribution < -0.4 is 5.32 Å². The second-order valence-corrected chi connectivity index (χ2v) is 5.00. The van der Waals surface area contributed by atoms with Crippen LogP contribution in [-0.4, -0.2) is 49.3 Å². The van der Waals surface area contributed by atoms with E-state index in [0.717, 1.165) is 26.2 Å². The van der Waals surface area contributed by atoms with Crippen molar-refractivity contribution in [2.24, 2.45) is 0 Å². The molecule has 16 heavy (non-hydrogen) atoms. The van der Waals surface area contributed by atoms with Crippen molar-refractivity contribution in [3.63, 3.8) is 0 Å². The second-order valence-electron chi connectivity index (χ2n) is 5.00. The summed E-state index contributed by atoms with van der Waals surface area (Å²) >= 11 is 0. The quantitative estimate of drug-likeness (QED) is 0.751. The highest BCUT2D eigenvalue weighted by molar-refractivity contribution is 4.77. The van der Waals surface area contributed by atoms with Gasteiger partial charge in [-0.2, -0.15) is 0 Å². The highest BCUT2D eigenvalue weighted by Gasteiger charge is 2.22. The fraction of sp³-hybridized carbons (Fsp3) is 1.00. The van der Waals surface area contributed by atoms with Crippen molar-refractivity contribution in [1.82, 2.24) is 10.2 Å². The topological polar surface area (TPSA) is 24.5 Å². The molecule has 0 spiro atoms. The van der Waals surface area contributed by atoms with Crippen molar-refractivity contribution >= 4 is 0 Å². The van der Waals surface area contributed by atoms with E-state index in [-0.39, 0.29) is 0 Å². The van der Waals surface area contributed by atoms with Crippen LogP contribution in [0.3, 0.4) is 0 Å². The van der Waals surface area contributed by atoms with Gasteiger partial charge in [0.25, 0.3) is 0 Å². The van der Waals surface area contributed by atoms with Gasteiger partial charge >= 0.3 is 0 Å². The van der Waals surface area contributed by atoms with Gasteiger partial charge in [-0.05, 0) is 26.7 Å². The fourth-order valence-electron chi connectivity index (χ4n) is 2.21. The van der Waals surface area contributed by atoms with Crippen LogP contribution in [0.15, 0.2) is 0 Å². The number of nitrogens with one attached hydrogen (secondary N) is 1. The molecule has 0 aliphatic carbocycles. The summed E-state index contributed by atoms with van der Waals surface area (Å²) in [4.78, 5) is 2.50. The maximum absolute atomic E-state index is 5.79. The first-order valence-corrected chi connectivity index (χ1v) is 6.76. The van der Waals surface area contributed by atoms with E-state index in [9.17, 15) is 0 Å². The molecule has 0 aromatic rings. The minimum absolute atomic E-state index is 0.372. The molecule has 0 radical (unpaired) electrons. The maximum atomic E-state index is 5.79. The molecule has 0 bridgehead atoms. The number of nitrogens with zero attached hydrogens (tertiary/aromatic N) is 1. The zero-order chi connectivity index (χ0) is 12.0. The third-order valence-electron chi connectivity index (χ3n) is 3.52. The van der Waals surface area contributed by atoms with Crippen molar-refractivity contribution < 1.29 is 4.74 Å². The molecule has 1 rings (SSSR count). The summed E-state index contributed by atoms with van der Waals surface area (Å²) in [5.74, 6) is 0. The fourth-order valence-corrected chi connectivity index (χ4v) is 2.21. The average Bonchev–Trinajstić information content (AvgIpc) is 2.31. The van der Waals surface area contributed by atoms with Crippen LogP contribution >= 0.6 is 0 Å². The second kappa shape index (κ2) is 7.25. The molecule has 1 saturated heterocycles. The summed E-state index contributed by atoms with van der Waals surface area (Å²) in [6, 6.07) is 1.29. The lowest BCUT2D eigenvalue weighted by atomic mass is 10.1. The molecule has 0 aromatic heterocycles. The predicted molar refractivity (Wildman–Crippen MR) is 68.8 cm³/mol. The molecule has 1 N–H and O–H groups in total. The largest absolute Gasteiger partial charge is 0.374 e. The Morgan fingerprint density at radius 1 is 1.31 bits per heavy atom. The van der Waals surface area contributed by atoms with Crippen LogP contribution in [-0.2, 0) is 4.74 Å². The van der Waals surface area contributed by atoms with E-state index < -0.39 is 0 Å². The van der Waals surface area contributed by atoms with Crippen LogP contribution in [0.2, 0.25) is 0 Å². The molecule has 1 fully saturated rings. The lowest BCUT2D eigenvalue weighted by Gasteiger charge is -2.36. The Kier molecular flexibility index (Phi) is 6.32. The van der Waals surface area contributed by atoms with Crippen molar-refractivity contribution in [3.8, 4) is 0 Å². The summed E-state index contributed by atoms with van der Waals surface area (Å²) in [6.45, 7) is 13.0. The van der Waals surface area contributed by atoms with E-state index in [2.05, 4.69) is 37.9 Å². The first-order chi connectivity index (χ1) is 7.67. The standard InChI is InChI=1S/C13H28N2O/c1-5-12(6-2)14-9-13-10-15(11(3)4)7-8-16-13/h11-14H,5-10H2,1-4H3. The van der Waals surface area contributed by atoms with E-state index in [4.69, 9.17) is 4.74 Å². The van der Waals surface area contributed by atoms with E-state index in [1.54, 1.807) is 0 Å². The molecule has 96 valence electrons. The molecule has 1 aliphatic heterocycles. The average molecular weight is 228 g/mol. The van der Waals surface area contributed by atoms with Crippen molar-refractivity contribution in [2.45, 2.75) is 58.7 Å². The number of morpholine rings is 1. The molecule has 1 aliphatic rings. The molecule has 1 heterocycles. The summed E-state index contributed by atoms with van der Waals surface area (Å²) in [6.07, 6.45) is 2.78. The van der Waals surface area contributed by atoms with Gasteiger partial charge in [0, 0.05) is 31.7 Å². The van der Waals surface area contributed by atoms with Crippen LogP contribution in [0.5, 0.6) is 0 Å². The predicted octanol–water partition coefficient (Wildman–Crippen LogP) is 1.87. The first kappa shape index (κ1) is 13.9. The number of ether oxygens (including phenoxy) is 1.